The zero-order valence-corrected chi connectivity index (χ0v) is 14.2. The lowest BCUT2D eigenvalue weighted by Crippen LogP contribution is -2.32. The van der Waals surface area contributed by atoms with E-state index in [-0.39, 0.29) is 12.0 Å². The van der Waals surface area contributed by atoms with Crippen LogP contribution in [0.4, 0.5) is 0 Å². The average molecular weight is 337 g/mol. The van der Waals surface area contributed by atoms with Gasteiger partial charge in [0.15, 0.2) is 0 Å². The number of nitrogens with one attached hydrogen (secondary N) is 1. The summed E-state index contributed by atoms with van der Waals surface area (Å²) in [4.78, 5) is 12.5. The van der Waals surface area contributed by atoms with Gasteiger partial charge in [-0.05, 0) is 31.0 Å². The van der Waals surface area contributed by atoms with Gasteiger partial charge in [-0.25, -0.2) is 0 Å². The molecule has 1 aliphatic heterocycles. The van der Waals surface area contributed by atoms with E-state index in [1.807, 2.05) is 22.8 Å². The molecule has 1 amide bonds. The minimum atomic E-state index is -0.0870. The number of aromatic nitrogens is 1. The van der Waals surface area contributed by atoms with Crippen molar-refractivity contribution in [2.24, 2.45) is 0 Å². The molecule has 2 aromatic rings. The number of carbonyl (C=O) groups excluding carboxylic acids is 1. The Hall–Kier alpha value is -1.72. The van der Waals surface area contributed by atoms with Crippen LogP contribution in [-0.2, 0) is 11.3 Å². The van der Waals surface area contributed by atoms with Crippen molar-refractivity contribution in [3.8, 4) is 5.75 Å². The fourth-order valence-corrected chi connectivity index (χ4v) is 3.14. The first-order chi connectivity index (χ1) is 11.2. The van der Waals surface area contributed by atoms with Crippen molar-refractivity contribution in [3.05, 3.63) is 28.9 Å². The molecule has 0 spiro atoms. The Kier molecular flexibility index (Phi) is 4.78. The van der Waals surface area contributed by atoms with E-state index >= 15 is 0 Å². The summed E-state index contributed by atoms with van der Waals surface area (Å²) in [7, 11) is 1.65. The number of nitrogens with zero attached hydrogens (tertiary/aromatic N) is 1. The number of amides is 1. The number of hydrogen-bond donors (Lipinski definition) is 1. The van der Waals surface area contributed by atoms with Gasteiger partial charge in [0.25, 0.3) is 5.91 Å². The van der Waals surface area contributed by atoms with Gasteiger partial charge in [-0.3, -0.25) is 4.79 Å². The number of ether oxygens (including phenoxy) is 2. The van der Waals surface area contributed by atoms with Gasteiger partial charge in [-0.15, -0.1) is 0 Å². The first-order valence-electron chi connectivity index (χ1n) is 7.91. The molecular formula is C17H21ClN2O3. The smallest absolute Gasteiger partial charge is 0.267 e. The van der Waals surface area contributed by atoms with Gasteiger partial charge >= 0.3 is 0 Å². The molecule has 1 aromatic carbocycles. The normalized spacial score (nSPS) is 16.4. The van der Waals surface area contributed by atoms with E-state index in [0.717, 1.165) is 29.5 Å². The molecule has 1 aromatic heterocycles. The molecule has 1 atom stereocenters. The van der Waals surface area contributed by atoms with E-state index in [2.05, 4.69) is 12.2 Å². The highest BCUT2D eigenvalue weighted by Gasteiger charge is 2.26. The van der Waals surface area contributed by atoms with Crippen LogP contribution in [0.3, 0.4) is 0 Å². The second-order valence-corrected chi connectivity index (χ2v) is 6.11. The van der Waals surface area contributed by atoms with Crippen molar-refractivity contribution in [1.82, 2.24) is 9.88 Å². The molecule has 0 radical (unpaired) electrons. The number of carbonyl (C=O) groups is 1. The van der Waals surface area contributed by atoms with E-state index in [1.54, 1.807) is 7.11 Å². The molecule has 3 rings (SSSR count). The highest BCUT2D eigenvalue weighted by atomic mass is 35.5. The lowest BCUT2D eigenvalue weighted by Gasteiger charge is -2.26. The maximum absolute atomic E-state index is 12.5. The lowest BCUT2D eigenvalue weighted by molar-refractivity contribution is 0.0933. The maximum atomic E-state index is 12.5. The predicted molar refractivity (Wildman–Crippen MR) is 90.5 cm³/mol. The second-order valence-electron chi connectivity index (χ2n) is 5.70. The summed E-state index contributed by atoms with van der Waals surface area (Å²) >= 11 is 6.30. The summed E-state index contributed by atoms with van der Waals surface area (Å²) < 4.78 is 13.0. The Morgan fingerprint density at radius 1 is 1.52 bits per heavy atom. The first-order valence-corrected chi connectivity index (χ1v) is 8.29. The number of halogens is 1. The number of rotatable bonds is 6. The van der Waals surface area contributed by atoms with Crippen molar-refractivity contribution >= 4 is 28.4 Å². The van der Waals surface area contributed by atoms with Crippen LogP contribution in [0.15, 0.2) is 18.2 Å². The average Bonchev–Trinajstić information content (AvgIpc) is 2.95. The third-order valence-corrected chi connectivity index (χ3v) is 4.48. The first kappa shape index (κ1) is 16.1. The highest BCUT2D eigenvalue weighted by molar-refractivity contribution is 6.36. The van der Waals surface area contributed by atoms with Crippen LogP contribution >= 0.6 is 11.6 Å². The highest BCUT2D eigenvalue weighted by Crippen LogP contribution is 2.38. The largest absolute Gasteiger partial charge is 0.486 e. The van der Waals surface area contributed by atoms with E-state index in [4.69, 9.17) is 21.1 Å². The van der Waals surface area contributed by atoms with Crippen molar-refractivity contribution in [2.75, 3.05) is 20.3 Å². The Bertz CT molecular complexity index is 726. The Balaban J connectivity index is 1.94. The Labute approximate surface area is 140 Å². The molecule has 0 saturated carbocycles. The van der Waals surface area contributed by atoms with Crippen LogP contribution in [0, 0.1) is 0 Å². The van der Waals surface area contributed by atoms with E-state index in [1.165, 1.54) is 0 Å². The van der Waals surface area contributed by atoms with Gasteiger partial charge in [0.2, 0.25) is 0 Å². The van der Waals surface area contributed by atoms with Crippen molar-refractivity contribution in [1.29, 1.82) is 0 Å². The molecule has 6 heteroatoms. The SMILES string of the molecule is CCC1Cn2c(C(=O)NCCCOC)cc3c(Cl)ccc(c32)O1. The van der Waals surface area contributed by atoms with Gasteiger partial charge in [0.1, 0.15) is 17.5 Å². The summed E-state index contributed by atoms with van der Waals surface area (Å²) in [5, 5.41) is 4.44. The Morgan fingerprint density at radius 2 is 2.35 bits per heavy atom. The van der Waals surface area contributed by atoms with Crippen LogP contribution < -0.4 is 10.1 Å². The van der Waals surface area contributed by atoms with Gasteiger partial charge < -0.3 is 19.4 Å². The molecule has 0 aliphatic carbocycles. The minimum Gasteiger partial charge on any atom is -0.486 e. The zero-order valence-electron chi connectivity index (χ0n) is 13.4. The summed E-state index contributed by atoms with van der Waals surface area (Å²) in [5.41, 5.74) is 1.54. The minimum absolute atomic E-state index is 0.0688. The van der Waals surface area contributed by atoms with Crippen LogP contribution in [0.5, 0.6) is 5.75 Å². The van der Waals surface area contributed by atoms with Gasteiger partial charge in [-0.2, -0.15) is 0 Å². The molecule has 1 aliphatic rings. The van der Waals surface area contributed by atoms with Gasteiger partial charge in [0, 0.05) is 25.6 Å². The van der Waals surface area contributed by atoms with Crippen LogP contribution in [0.1, 0.15) is 30.3 Å². The fraction of sp³-hybridized carbons (Fsp3) is 0.471. The van der Waals surface area contributed by atoms with Crippen LogP contribution in [-0.4, -0.2) is 36.8 Å². The number of benzene rings is 1. The summed E-state index contributed by atoms with van der Waals surface area (Å²) in [6.45, 7) is 3.96. The molecule has 5 nitrogen and oxygen atoms in total. The van der Waals surface area contributed by atoms with E-state index < -0.39 is 0 Å². The summed E-state index contributed by atoms with van der Waals surface area (Å²) in [5.74, 6) is 0.706. The molecule has 0 saturated heterocycles. The van der Waals surface area contributed by atoms with Crippen molar-refractivity contribution in [3.63, 3.8) is 0 Å². The van der Waals surface area contributed by atoms with Crippen LogP contribution in [0.2, 0.25) is 5.02 Å². The van der Waals surface area contributed by atoms with Crippen molar-refractivity contribution < 1.29 is 14.3 Å². The van der Waals surface area contributed by atoms with Gasteiger partial charge in [-0.1, -0.05) is 18.5 Å². The second kappa shape index (κ2) is 6.81. The Morgan fingerprint density at radius 3 is 3.09 bits per heavy atom. The molecule has 2 heterocycles. The molecule has 23 heavy (non-hydrogen) atoms. The molecule has 0 bridgehead atoms. The number of methoxy groups -OCH3 is 1. The molecule has 0 fully saturated rings. The molecular weight excluding hydrogens is 316 g/mol. The lowest BCUT2D eigenvalue weighted by atomic mass is 10.2. The van der Waals surface area contributed by atoms with Crippen molar-refractivity contribution in [2.45, 2.75) is 32.4 Å². The maximum Gasteiger partial charge on any atom is 0.267 e. The molecule has 1 unspecified atom stereocenters. The van der Waals surface area contributed by atoms with E-state index in [9.17, 15) is 4.79 Å². The molecule has 1 N–H and O–H groups in total. The number of hydrogen-bond acceptors (Lipinski definition) is 3. The van der Waals surface area contributed by atoms with Gasteiger partial charge in [0.05, 0.1) is 17.1 Å². The third-order valence-electron chi connectivity index (χ3n) is 4.15. The van der Waals surface area contributed by atoms with Crippen LogP contribution in [0.25, 0.3) is 10.9 Å². The topological polar surface area (TPSA) is 52.5 Å². The standard InChI is InChI=1S/C17H21ClN2O3/c1-3-11-10-20-14(17(21)19-7-4-8-22-2)9-12-13(18)5-6-15(23-11)16(12)20/h5-6,9,11H,3-4,7-8,10H2,1-2H3,(H,19,21). The third kappa shape index (κ3) is 3.03. The fourth-order valence-electron chi connectivity index (χ4n) is 2.93. The predicted octanol–water partition coefficient (Wildman–Crippen LogP) is 3.23. The summed E-state index contributed by atoms with van der Waals surface area (Å²) in [6, 6.07) is 5.55. The molecule has 124 valence electrons. The van der Waals surface area contributed by atoms with E-state index in [0.29, 0.717) is 30.4 Å². The zero-order chi connectivity index (χ0) is 16.4. The monoisotopic (exact) mass is 336 g/mol. The summed E-state index contributed by atoms with van der Waals surface area (Å²) in [6.07, 6.45) is 1.74. The quantitative estimate of drug-likeness (QED) is 0.824.